The van der Waals surface area contributed by atoms with Gasteiger partial charge in [-0.1, -0.05) is 22.9 Å². The molecule has 1 rings (SSSR count). The fraction of sp³-hybridized carbons (Fsp3) is 0.600. The molecule has 1 heterocycles. The van der Waals surface area contributed by atoms with E-state index in [2.05, 4.69) is 38.4 Å². The number of amides is 1. The minimum Gasteiger partial charge on any atom is -0.352 e. The van der Waals surface area contributed by atoms with Gasteiger partial charge >= 0.3 is 0 Å². The van der Waals surface area contributed by atoms with Crippen molar-refractivity contribution in [2.45, 2.75) is 19.8 Å². The zero-order valence-electron chi connectivity index (χ0n) is 8.79. The maximum absolute atomic E-state index is 11.4. The highest BCUT2D eigenvalue weighted by Crippen LogP contribution is 2.07. The zero-order chi connectivity index (χ0) is 11.1. The number of aromatic nitrogens is 2. The van der Waals surface area contributed by atoms with E-state index in [1.165, 1.54) is 6.20 Å². The van der Waals surface area contributed by atoms with E-state index < -0.39 is 0 Å². The Kier molecular flexibility index (Phi) is 5.39. The minimum atomic E-state index is -0.0600. The minimum absolute atomic E-state index is 0.0600. The third kappa shape index (κ3) is 4.46. The van der Waals surface area contributed by atoms with E-state index in [9.17, 15) is 4.79 Å². The number of rotatable bonds is 6. The van der Waals surface area contributed by atoms with Crippen molar-refractivity contribution < 1.29 is 4.79 Å². The number of hydrogen-bond acceptors (Lipinski definition) is 2. The number of nitrogens with zero attached hydrogens (tertiary/aromatic N) is 1. The Labute approximate surface area is 98.0 Å². The smallest absolute Gasteiger partial charge is 0.254 e. The van der Waals surface area contributed by atoms with Crippen LogP contribution in [0.2, 0.25) is 0 Å². The van der Waals surface area contributed by atoms with Gasteiger partial charge in [-0.3, -0.25) is 9.89 Å². The molecule has 0 bridgehead atoms. The second-order valence-electron chi connectivity index (χ2n) is 3.64. The molecule has 84 valence electrons. The SMILES string of the molecule is CC(CBr)CCCNC(=O)c1cn[nH]c1. The summed E-state index contributed by atoms with van der Waals surface area (Å²) < 4.78 is 0. The first kappa shape index (κ1) is 12.2. The molecule has 0 aliphatic carbocycles. The highest BCUT2D eigenvalue weighted by molar-refractivity contribution is 9.09. The van der Waals surface area contributed by atoms with Crippen molar-refractivity contribution >= 4 is 21.8 Å². The number of carbonyl (C=O) groups excluding carboxylic acids is 1. The first-order valence-corrected chi connectivity index (χ1v) is 6.19. The maximum Gasteiger partial charge on any atom is 0.254 e. The van der Waals surface area contributed by atoms with Crippen molar-refractivity contribution in [3.63, 3.8) is 0 Å². The molecule has 1 amide bonds. The lowest BCUT2D eigenvalue weighted by Gasteiger charge is -2.07. The van der Waals surface area contributed by atoms with Crippen LogP contribution in [0.15, 0.2) is 12.4 Å². The molecule has 1 aromatic heterocycles. The van der Waals surface area contributed by atoms with Crippen molar-refractivity contribution in [1.82, 2.24) is 15.5 Å². The van der Waals surface area contributed by atoms with Gasteiger partial charge in [0.2, 0.25) is 0 Å². The average molecular weight is 274 g/mol. The predicted octanol–water partition coefficient (Wildman–Crippen LogP) is 1.95. The quantitative estimate of drug-likeness (QED) is 0.615. The van der Waals surface area contributed by atoms with Gasteiger partial charge in [-0.2, -0.15) is 5.10 Å². The van der Waals surface area contributed by atoms with Crippen LogP contribution in [0.25, 0.3) is 0 Å². The van der Waals surface area contributed by atoms with Crippen LogP contribution < -0.4 is 5.32 Å². The van der Waals surface area contributed by atoms with Crippen molar-refractivity contribution in [3.8, 4) is 0 Å². The Morgan fingerprint density at radius 3 is 3.13 bits per heavy atom. The van der Waals surface area contributed by atoms with Crippen molar-refractivity contribution in [3.05, 3.63) is 18.0 Å². The number of carbonyl (C=O) groups is 1. The van der Waals surface area contributed by atoms with E-state index in [0.29, 0.717) is 11.5 Å². The van der Waals surface area contributed by atoms with Crippen LogP contribution in [0.4, 0.5) is 0 Å². The second kappa shape index (κ2) is 6.61. The Morgan fingerprint density at radius 2 is 2.53 bits per heavy atom. The molecule has 0 radical (unpaired) electrons. The molecule has 1 unspecified atom stereocenters. The Bertz CT molecular complexity index is 287. The molecule has 0 aliphatic rings. The molecular weight excluding hydrogens is 258 g/mol. The number of aromatic amines is 1. The van der Waals surface area contributed by atoms with Gasteiger partial charge in [-0.05, 0) is 18.8 Å². The third-order valence-corrected chi connectivity index (χ3v) is 3.29. The summed E-state index contributed by atoms with van der Waals surface area (Å²) in [6, 6.07) is 0. The van der Waals surface area contributed by atoms with Gasteiger partial charge in [0, 0.05) is 18.1 Å². The van der Waals surface area contributed by atoms with E-state index in [1.54, 1.807) is 6.20 Å². The standard InChI is InChI=1S/C10H16BrN3O/c1-8(5-11)3-2-4-12-10(15)9-6-13-14-7-9/h6-8H,2-5H2,1H3,(H,12,15)(H,13,14). The Morgan fingerprint density at radius 1 is 1.73 bits per heavy atom. The van der Waals surface area contributed by atoms with Gasteiger partial charge in [0.05, 0.1) is 11.8 Å². The molecule has 2 N–H and O–H groups in total. The van der Waals surface area contributed by atoms with Crippen LogP contribution in [0.3, 0.4) is 0 Å². The first-order valence-electron chi connectivity index (χ1n) is 5.07. The molecule has 0 fully saturated rings. The van der Waals surface area contributed by atoms with Crippen LogP contribution in [-0.2, 0) is 0 Å². The topological polar surface area (TPSA) is 57.8 Å². The molecule has 15 heavy (non-hydrogen) atoms. The summed E-state index contributed by atoms with van der Waals surface area (Å²) in [7, 11) is 0. The van der Waals surface area contributed by atoms with Crippen LogP contribution in [0, 0.1) is 5.92 Å². The number of halogens is 1. The Hall–Kier alpha value is -0.840. The van der Waals surface area contributed by atoms with E-state index in [4.69, 9.17) is 0 Å². The predicted molar refractivity (Wildman–Crippen MR) is 63.1 cm³/mol. The molecule has 0 aliphatic heterocycles. The molecule has 0 spiro atoms. The van der Waals surface area contributed by atoms with Gasteiger partial charge in [0.25, 0.3) is 5.91 Å². The third-order valence-electron chi connectivity index (χ3n) is 2.18. The summed E-state index contributed by atoms with van der Waals surface area (Å²) in [5, 5.41) is 10.2. The molecule has 5 heteroatoms. The van der Waals surface area contributed by atoms with Crippen molar-refractivity contribution in [1.29, 1.82) is 0 Å². The highest BCUT2D eigenvalue weighted by Gasteiger charge is 2.05. The normalized spacial score (nSPS) is 12.4. The maximum atomic E-state index is 11.4. The van der Waals surface area contributed by atoms with E-state index in [1.807, 2.05) is 0 Å². The summed E-state index contributed by atoms with van der Waals surface area (Å²) in [5.74, 6) is 0.603. The number of H-pyrrole nitrogens is 1. The van der Waals surface area contributed by atoms with Crippen LogP contribution >= 0.6 is 15.9 Å². The van der Waals surface area contributed by atoms with Crippen molar-refractivity contribution in [2.75, 3.05) is 11.9 Å². The summed E-state index contributed by atoms with van der Waals surface area (Å²) in [6.07, 6.45) is 5.25. The lowest BCUT2D eigenvalue weighted by Crippen LogP contribution is -2.24. The fourth-order valence-electron chi connectivity index (χ4n) is 1.21. The first-order chi connectivity index (χ1) is 7.24. The second-order valence-corrected chi connectivity index (χ2v) is 4.29. The number of hydrogen-bond donors (Lipinski definition) is 2. The molecular formula is C10H16BrN3O. The van der Waals surface area contributed by atoms with Crippen LogP contribution in [0.5, 0.6) is 0 Å². The largest absolute Gasteiger partial charge is 0.352 e. The number of alkyl halides is 1. The van der Waals surface area contributed by atoms with Crippen LogP contribution in [-0.4, -0.2) is 28.0 Å². The van der Waals surface area contributed by atoms with Gasteiger partial charge in [0.15, 0.2) is 0 Å². The monoisotopic (exact) mass is 273 g/mol. The van der Waals surface area contributed by atoms with E-state index in [0.717, 1.165) is 24.7 Å². The lowest BCUT2D eigenvalue weighted by atomic mass is 10.1. The zero-order valence-corrected chi connectivity index (χ0v) is 10.4. The summed E-state index contributed by atoms with van der Waals surface area (Å²) in [6.45, 7) is 2.91. The fourth-order valence-corrected chi connectivity index (χ4v) is 1.53. The van der Waals surface area contributed by atoms with Crippen LogP contribution in [0.1, 0.15) is 30.1 Å². The lowest BCUT2D eigenvalue weighted by molar-refractivity contribution is 0.0952. The van der Waals surface area contributed by atoms with Gasteiger partial charge in [0.1, 0.15) is 0 Å². The summed E-state index contributed by atoms with van der Waals surface area (Å²) in [5.41, 5.74) is 0.587. The van der Waals surface area contributed by atoms with Gasteiger partial charge in [-0.25, -0.2) is 0 Å². The highest BCUT2D eigenvalue weighted by atomic mass is 79.9. The summed E-state index contributed by atoms with van der Waals surface area (Å²) >= 11 is 3.43. The van der Waals surface area contributed by atoms with Gasteiger partial charge < -0.3 is 5.32 Å². The average Bonchev–Trinajstić information content (AvgIpc) is 2.77. The molecule has 1 aromatic rings. The Balaban J connectivity index is 2.13. The van der Waals surface area contributed by atoms with Crippen molar-refractivity contribution in [2.24, 2.45) is 5.92 Å². The molecule has 0 saturated carbocycles. The van der Waals surface area contributed by atoms with Gasteiger partial charge in [-0.15, -0.1) is 0 Å². The molecule has 4 nitrogen and oxygen atoms in total. The summed E-state index contributed by atoms with van der Waals surface area (Å²) in [4.78, 5) is 11.4. The van der Waals surface area contributed by atoms with E-state index in [-0.39, 0.29) is 5.91 Å². The molecule has 0 aromatic carbocycles. The molecule has 0 saturated heterocycles. The van der Waals surface area contributed by atoms with E-state index >= 15 is 0 Å². The number of nitrogens with one attached hydrogen (secondary N) is 2. The molecule has 1 atom stereocenters.